The molecular weight excluding hydrogens is 210 g/mol. The van der Waals surface area contributed by atoms with Gasteiger partial charge in [0, 0.05) is 0 Å². The zero-order valence-electron chi connectivity index (χ0n) is 11.2. The van der Waals surface area contributed by atoms with Crippen LogP contribution < -0.4 is 10.5 Å². The van der Waals surface area contributed by atoms with Crippen LogP contribution in [0.3, 0.4) is 0 Å². The number of hydrogen-bond donors (Lipinski definition) is 1. The molecule has 0 radical (unpaired) electrons. The Morgan fingerprint density at radius 3 is 2.24 bits per heavy atom. The van der Waals surface area contributed by atoms with Gasteiger partial charge in [0.05, 0.1) is 6.10 Å². The molecule has 1 aromatic rings. The molecule has 17 heavy (non-hydrogen) atoms. The van der Waals surface area contributed by atoms with Gasteiger partial charge in [-0.1, -0.05) is 26.0 Å². The highest BCUT2D eigenvalue weighted by molar-refractivity contribution is 5.36. The van der Waals surface area contributed by atoms with E-state index < -0.39 is 0 Å². The lowest BCUT2D eigenvalue weighted by Crippen LogP contribution is -2.05. The van der Waals surface area contributed by atoms with Crippen molar-refractivity contribution in [2.75, 3.05) is 6.54 Å². The van der Waals surface area contributed by atoms with Gasteiger partial charge in [0.25, 0.3) is 0 Å². The molecule has 2 atom stereocenters. The molecule has 1 fully saturated rings. The molecule has 0 saturated heterocycles. The molecule has 2 heteroatoms. The molecule has 2 N–H and O–H groups in total. The van der Waals surface area contributed by atoms with E-state index in [1.54, 1.807) is 0 Å². The minimum Gasteiger partial charge on any atom is -0.491 e. The Bertz CT molecular complexity index is 380. The predicted octanol–water partition coefficient (Wildman–Crippen LogP) is 3.17. The second-order valence-electron chi connectivity index (χ2n) is 5.88. The van der Waals surface area contributed by atoms with E-state index in [0.29, 0.717) is 17.3 Å². The molecule has 0 spiro atoms. The highest BCUT2D eigenvalue weighted by Crippen LogP contribution is 2.63. The van der Waals surface area contributed by atoms with Gasteiger partial charge in [-0.2, -0.15) is 0 Å². The van der Waals surface area contributed by atoms with Gasteiger partial charge < -0.3 is 10.5 Å². The maximum atomic E-state index is 5.81. The first-order valence-corrected chi connectivity index (χ1v) is 6.43. The van der Waals surface area contributed by atoms with Crippen molar-refractivity contribution < 1.29 is 4.74 Å². The fourth-order valence-electron chi connectivity index (χ4n) is 2.87. The summed E-state index contributed by atoms with van der Waals surface area (Å²) in [5, 5.41) is 0. The average Bonchev–Trinajstić information content (AvgIpc) is 2.81. The zero-order valence-corrected chi connectivity index (χ0v) is 11.2. The van der Waals surface area contributed by atoms with E-state index in [-0.39, 0.29) is 6.10 Å². The van der Waals surface area contributed by atoms with Crippen LogP contribution in [0.25, 0.3) is 0 Å². The third-order valence-electron chi connectivity index (χ3n) is 3.92. The fraction of sp³-hybridized carbons (Fsp3) is 0.600. The maximum Gasteiger partial charge on any atom is 0.119 e. The van der Waals surface area contributed by atoms with Crippen LogP contribution in [0, 0.1) is 11.3 Å². The molecule has 0 bridgehead atoms. The first-order chi connectivity index (χ1) is 7.96. The number of hydrogen-bond acceptors (Lipinski definition) is 2. The summed E-state index contributed by atoms with van der Waals surface area (Å²) in [6.45, 7) is 9.47. The summed E-state index contributed by atoms with van der Waals surface area (Å²) in [5.74, 6) is 2.19. The Morgan fingerprint density at radius 2 is 1.82 bits per heavy atom. The molecule has 2 unspecified atom stereocenters. The van der Waals surface area contributed by atoms with Crippen LogP contribution >= 0.6 is 0 Å². The van der Waals surface area contributed by atoms with E-state index in [0.717, 1.165) is 12.3 Å². The lowest BCUT2D eigenvalue weighted by Gasteiger charge is -2.10. The highest BCUT2D eigenvalue weighted by atomic mass is 16.5. The second-order valence-corrected chi connectivity index (χ2v) is 5.88. The Labute approximate surface area is 104 Å². The summed E-state index contributed by atoms with van der Waals surface area (Å²) in [5.41, 5.74) is 7.55. The number of nitrogens with two attached hydrogens (primary N) is 1. The Hall–Kier alpha value is -1.02. The summed E-state index contributed by atoms with van der Waals surface area (Å²) < 4.78 is 5.65. The standard InChI is InChI=1S/C15H23NO/c1-10(2)17-12-7-5-11(6-8-12)14-13(9-16)15(14,3)4/h5-8,10,13-14H,9,16H2,1-4H3. The van der Waals surface area contributed by atoms with Crippen molar-refractivity contribution in [1.29, 1.82) is 0 Å². The van der Waals surface area contributed by atoms with Crippen molar-refractivity contribution in [2.45, 2.75) is 39.7 Å². The first-order valence-electron chi connectivity index (χ1n) is 6.43. The molecule has 1 saturated carbocycles. The number of rotatable bonds is 4. The van der Waals surface area contributed by atoms with Crippen molar-refractivity contribution in [1.82, 2.24) is 0 Å². The van der Waals surface area contributed by atoms with Gasteiger partial charge in [-0.3, -0.25) is 0 Å². The molecule has 1 aromatic carbocycles. The van der Waals surface area contributed by atoms with E-state index >= 15 is 0 Å². The smallest absolute Gasteiger partial charge is 0.119 e. The third-order valence-corrected chi connectivity index (χ3v) is 3.92. The van der Waals surface area contributed by atoms with Gasteiger partial charge in [0.15, 0.2) is 0 Å². The lowest BCUT2D eigenvalue weighted by atomic mass is 10.0. The summed E-state index contributed by atoms with van der Waals surface area (Å²) >= 11 is 0. The van der Waals surface area contributed by atoms with E-state index in [9.17, 15) is 0 Å². The Morgan fingerprint density at radius 1 is 1.24 bits per heavy atom. The predicted molar refractivity (Wildman–Crippen MR) is 71.3 cm³/mol. The molecule has 2 rings (SSSR count). The average molecular weight is 233 g/mol. The van der Waals surface area contributed by atoms with Crippen molar-refractivity contribution >= 4 is 0 Å². The van der Waals surface area contributed by atoms with Gasteiger partial charge in [0.2, 0.25) is 0 Å². The molecule has 0 aromatic heterocycles. The Kier molecular flexibility index (Phi) is 3.17. The van der Waals surface area contributed by atoms with E-state index in [4.69, 9.17) is 10.5 Å². The van der Waals surface area contributed by atoms with E-state index in [1.165, 1.54) is 5.56 Å². The van der Waals surface area contributed by atoms with Gasteiger partial charge >= 0.3 is 0 Å². The van der Waals surface area contributed by atoms with Gasteiger partial charge in [-0.25, -0.2) is 0 Å². The number of ether oxygens (including phenoxy) is 1. The largest absolute Gasteiger partial charge is 0.491 e. The SMILES string of the molecule is CC(C)Oc1ccc(C2C(CN)C2(C)C)cc1. The van der Waals surface area contributed by atoms with E-state index in [1.807, 2.05) is 13.8 Å². The number of benzene rings is 1. The molecular formula is C15H23NO. The normalized spacial score (nSPS) is 26.0. The quantitative estimate of drug-likeness (QED) is 0.867. The minimum absolute atomic E-state index is 0.231. The van der Waals surface area contributed by atoms with Crippen molar-refractivity contribution in [3.05, 3.63) is 29.8 Å². The molecule has 1 aliphatic rings. The lowest BCUT2D eigenvalue weighted by molar-refractivity contribution is 0.242. The van der Waals surface area contributed by atoms with Crippen LogP contribution in [0.1, 0.15) is 39.2 Å². The summed E-state index contributed by atoms with van der Waals surface area (Å²) in [6.07, 6.45) is 0.231. The van der Waals surface area contributed by atoms with Crippen molar-refractivity contribution in [3.8, 4) is 5.75 Å². The molecule has 0 heterocycles. The molecule has 2 nitrogen and oxygen atoms in total. The third kappa shape index (κ3) is 2.32. The fourth-order valence-corrected chi connectivity index (χ4v) is 2.87. The van der Waals surface area contributed by atoms with Crippen LogP contribution in [0.2, 0.25) is 0 Å². The zero-order chi connectivity index (χ0) is 12.6. The summed E-state index contributed by atoms with van der Waals surface area (Å²) in [4.78, 5) is 0. The van der Waals surface area contributed by atoms with Gasteiger partial charge in [-0.15, -0.1) is 0 Å². The van der Waals surface area contributed by atoms with E-state index in [2.05, 4.69) is 38.1 Å². The van der Waals surface area contributed by atoms with Crippen LogP contribution in [0.15, 0.2) is 24.3 Å². The monoisotopic (exact) mass is 233 g/mol. The summed E-state index contributed by atoms with van der Waals surface area (Å²) in [6, 6.07) is 8.49. The second kappa shape index (κ2) is 4.34. The van der Waals surface area contributed by atoms with Gasteiger partial charge in [-0.05, 0) is 55.3 Å². The Balaban J connectivity index is 2.09. The van der Waals surface area contributed by atoms with Crippen LogP contribution in [-0.4, -0.2) is 12.6 Å². The van der Waals surface area contributed by atoms with Crippen LogP contribution in [0.4, 0.5) is 0 Å². The first kappa shape index (κ1) is 12.4. The maximum absolute atomic E-state index is 5.81. The summed E-state index contributed by atoms with van der Waals surface area (Å²) in [7, 11) is 0. The molecule has 94 valence electrons. The minimum atomic E-state index is 0.231. The van der Waals surface area contributed by atoms with Crippen LogP contribution in [0.5, 0.6) is 5.75 Å². The van der Waals surface area contributed by atoms with Crippen molar-refractivity contribution in [3.63, 3.8) is 0 Å². The van der Waals surface area contributed by atoms with Crippen molar-refractivity contribution in [2.24, 2.45) is 17.1 Å². The van der Waals surface area contributed by atoms with Crippen LogP contribution in [-0.2, 0) is 0 Å². The van der Waals surface area contributed by atoms with Gasteiger partial charge in [0.1, 0.15) is 5.75 Å². The molecule has 0 aliphatic heterocycles. The highest BCUT2D eigenvalue weighted by Gasteiger charge is 2.57. The topological polar surface area (TPSA) is 35.2 Å². The molecule has 0 amide bonds. The molecule has 1 aliphatic carbocycles.